The second-order valence-corrected chi connectivity index (χ2v) is 4.41. The third-order valence-corrected chi connectivity index (χ3v) is 3.04. The maximum absolute atomic E-state index is 5.63. The summed E-state index contributed by atoms with van der Waals surface area (Å²) in [4.78, 5) is 7.47. The molecule has 15 heavy (non-hydrogen) atoms. The van der Waals surface area contributed by atoms with Gasteiger partial charge in [0.2, 0.25) is 0 Å². The number of rotatable bonds is 3. The van der Waals surface area contributed by atoms with Gasteiger partial charge in [-0.05, 0) is 17.5 Å². The van der Waals surface area contributed by atoms with Crippen molar-refractivity contribution in [3.63, 3.8) is 0 Å². The Kier molecular flexibility index (Phi) is 2.87. The minimum Gasteiger partial charge on any atom is -0.384 e. The van der Waals surface area contributed by atoms with E-state index in [1.54, 1.807) is 17.5 Å². The standard InChI is InChI=1S/C11H13N3S/c1-14(8-10-3-2-6-15-10)9-4-5-13-11(12)7-9/h2-7H,8H2,1H3,(H2,12,13). The lowest BCUT2D eigenvalue weighted by Gasteiger charge is -2.18. The smallest absolute Gasteiger partial charge is 0.125 e. The van der Waals surface area contributed by atoms with Gasteiger partial charge in [0.25, 0.3) is 0 Å². The number of pyridine rings is 1. The molecule has 2 N–H and O–H groups in total. The first-order valence-corrected chi connectivity index (χ1v) is 5.59. The largest absolute Gasteiger partial charge is 0.384 e. The molecule has 0 saturated heterocycles. The number of nitrogen functional groups attached to an aromatic ring is 1. The summed E-state index contributed by atoms with van der Waals surface area (Å²) in [5.41, 5.74) is 6.73. The highest BCUT2D eigenvalue weighted by molar-refractivity contribution is 7.09. The highest BCUT2D eigenvalue weighted by Gasteiger charge is 2.03. The third-order valence-electron chi connectivity index (χ3n) is 2.18. The Bertz CT molecular complexity index is 425. The van der Waals surface area contributed by atoms with Crippen molar-refractivity contribution in [3.8, 4) is 0 Å². The molecule has 0 bridgehead atoms. The molecular weight excluding hydrogens is 206 g/mol. The van der Waals surface area contributed by atoms with Crippen LogP contribution in [0, 0.1) is 0 Å². The molecule has 2 aromatic rings. The van der Waals surface area contributed by atoms with Gasteiger partial charge in [0, 0.05) is 29.9 Å². The maximum Gasteiger partial charge on any atom is 0.125 e. The van der Waals surface area contributed by atoms with E-state index >= 15 is 0 Å². The summed E-state index contributed by atoms with van der Waals surface area (Å²) in [5, 5.41) is 2.09. The molecule has 0 amide bonds. The number of nitrogens with zero attached hydrogens (tertiary/aromatic N) is 2. The van der Waals surface area contributed by atoms with Crippen LogP contribution in [0.15, 0.2) is 35.8 Å². The molecule has 0 radical (unpaired) electrons. The van der Waals surface area contributed by atoms with E-state index < -0.39 is 0 Å². The molecular formula is C11H13N3S. The van der Waals surface area contributed by atoms with Crippen LogP contribution in [0.5, 0.6) is 0 Å². The van der Waals surface area contributed by atoms with E-state index in [9.17, 15) is 0 Å². The molecule has 2 heterocycles. The Morgan fingerprint density at radius 1 is 1.47 bits per heavy atom. The molecule has 0 aliphatic carbocycles. The first-order valence-electron chi connectivity index (χ1n) is 4.71. The zero-order chi connectivity index (χ0) is 10.7. The average Bonchev–Trinajstić information content (AvgIpc) is 2.70. The van der Waals surface area contributed by atoms with E-state index in [4.69, 9.17) is 5.73 Å². The van der Waals surface area contributed by atoms with E-state index in [2.05, 4.69) is 34.4 Å². The summed E-state index contributed by atoms with van der Waals surface area (Å²) in [6.45, 7) is 0.904. The van der Waals surface area contributed by atoms with Crippen LogP contribution in [-0.2, 0) is 6.54 Å². The minimum atomic E-state index is 0.561. The lowest BCUT2D eigenvalue weighted by Crippen LogP contribution is -2.15. The topological polar surface area (TPSA) is 42.2 Å². The molecule has 4 heteroatoms. The van der Waals surface area contributed by atoms with Crippen LogP contribution in [0.1, 0.15) is 4.88 Å². The van der Waals surface area contributed by atoms with E-state index in [-0.39, 0.29) is 0 Å². The van der Waals surface area contributed by atoms with Gasteiger partial charge in [0.1, 0.15) is 5.82 Å². The number of hydrogen-bond acceptors (Lipinski definition) is 4. The number of thiophene rings is 1. The van der Waals surface area contributed by atoms with Crippen LogP contribution in [0.4, 0.5) is 11.5 Å². The fourth-order valence-electron chi connectivity index (χ4n) is 1.40. The van der Waals surface area contributed by atoms with E-state index in [0.29, 0.717) is 5.82 Å². The Hall–Kier alpha value is -1.55. The molecule has 0 spiro atoms. The predicted octanol–water partition coefficient (Wildman–Crippen LogP) is 2.36. The van der Waals surface area contributed by atoms with Crippen LogP contribution in [-0.4, -0.2) is 12.0 Å². The van der Waals surface area contributed by atoms with Gasteiger partial charge in [-0.2, -0.15) is 0 Å². The highest BCUT2D eigenvalue weighted by atomic mass is 32.1. The summed E-state index contributed by atoms with van der Waals surface area (Å²) in [5.74, 6) is 0.561. The minimum absolute atomic E-state index is 0.561. The van der Waals surface area contributed by atoms with Gasteiger partial charge in [0.05, 0.1) is 6.54 Å². The van der Waals surface area contributed by atoms with Gasteiger partial charge in [0.15, 0.2) is 0 Å². The summed E-state index contributed by atoms with van der Waals surface area (Å²) >= 11 is 1.76. The Morgan fingerprint density at radius 2 is 2.33 bits per heavy atom. The molecule has 0 aliphatic heterocycles. The third kappa shape index (κ3) is 2.47. The lowest BCUT2D eigenvalue weighted by atomic mass is 10.3. The molecule has 3 nitrogen and oxygen atoms in total. The highest BCUT2D eigenvalue weighted by Crippen LogP contribution is 2.18. The molecule has 2 rings (SSSR count). The summed E-state index contributed by atoms with van der Waals surface area (Å²) < 4.78 is 0. The first-order chi connectivity index (χ1) is 7.25. The fourth-order valence-corrected chi connectivity index (χ4v) is 2.16. The van der Waals surface area contributed by atoms with Crippen molar-refractivity contribution in [1.29, 1.82) is 0 Å². The van der Waals surface area contributed by atoms with E-state index in [0.717, 1.165) is 12.2 Å². The number of aromatic nitrogens is 1. The second kappa shape index (κ2) is 4.31. The van der Waals surface area contributed by atoms with Crippen molar-refractivity contribution in [2.45, 2.75) is 6.54 Å². The van der Waals surface area contributed by atoms with Gasteiger partial charge in [-0.25, -0.2) is 4.98 Å². The molecule has 0 unspecified atom stereocenters. The molecule has 0 fully saturated rings. The van der Waals surface area contributed by atoms with Crippen LogP contribution < -0.4 is 10.6 Å². The SMILES string of the molecule is CN(Cc1cccs1)c1ccnc(N)c1. The van der Waals surface area contributed by atoms with Crippen molar-refractivity contribution < 1.29 is 0 Å². The van der Waals surface area contributed by atoms with Crippen molar-refractivity contribution in [1.82, 2.24) is 4.98 Å². The lowest BCUT2D eigenvalue weighted by molar-refractivity contribution is 0.938. The van der Waals surface area contributed by atoms with Gasteiger partial charge >= 0.3 is 0 Å². The van der Waals surface area contributed by atoms with Crippen LogP contribution in [0.25, 0.3) is 0 Å². The van der Waals surface area contributed by atoms with Gasteiger partial charge in [-0.1, -0.05) is 6.07 Å². The molecule has 0 atom stereocenters. The van der Waals surface area contributed by atoms with Crippen LogP contribution in [0.2, 0.25) is 0 Å². The first kappa shape index (κ1) is 9.98. The quantitative estimate of drug-likeness (QED) is 0.861. The second-order valence-electron chi connectivity index (χ2n) is 3.37. The summed E-state index contributed by atoms with van der Waals surface area (Å²) in [6, 6.07) is 8.04. The van der Waals surface area contributed by atoms with Crippen LogP contribution in [0.3, 0.4) is 0 Å². The maximum atomic E-state index is 5.63. The Labute approximate surface area is 93.2 Å². The molecule has 78 valence electrons. The molecule has 2 aromatic heterocycles. The zero-order valence-corrected chi connectivity index (χ0v) is 9.37. The summed E-state index contributed by atoms with van der Waals surface area (Å²) in [6.07, 6.45) is 1.73. The number of anilines is 2. The van der Waals surface area contributed by atoms with Gasteiger partial charge in [-0.15, -0.1) is 11.3 Å². The monoisotopic (exact) mass is 219 g/mol. The Balaban J connectivity index is 2.11. The Morgan fingerprint density at radius 3 is 3.00 bits per heavy atom. The normalized spacial score (nSPS) is 10.2. The molecule has 0 saturated carbocycles. The van der Waals surface area contributed by atoms with Gasteiger partial charge < -0.3 is 10.6 Å². The summed E-state index contributed by atoms with van der Waals surface area (Å²) in [7, 11) is 2.05. The van der Waals surface area contributed by atoms with Crippen molar-refractivity contribution >= 4 is 22.8 Å². The van der Waals surface area contributed by atoms with Crippen molar-refractivity contribution in [3.05, 3.63) is 40.7 Å². The molecule has 0 aromatic carbocycles. The van der Waals surface area contributed by atoms with Crippen molar-refractivity contribution in [2.24, 2.45) is 0 Å². The average molecular weight is 219 g/mol. The molecule has 0 aliphatic rings. The van der Waals surface area contributed by atoms with Crippen LogP contribution >= 0.6 is 11.3 Å². The number of nitrogens with two attached hydrogens (primary N) is 1. The van der Waals surface area contributed by atoms with E-state index in [1.165, 1.54) is 4.88 Å². The van der Waals surface area contributed by atoms with Crippen molar-refractivity contribution in [2.75, 3.05) is 17.7 Å². The number of hydrogen-bond donors (Lipinski definition) is 1. The fraction of sp³-hybridized carbons (Fsp3) is 0.182. The van der Waals surface area contributed by atoms with Gasteiger partial charge in [-0.3, -0.25) is 0 Å². The van der Waals surface area contributed by atoms with E-state index in [1.807, 2.05) is 12.1 Å². The predicted molar refractivity (Wildman–Crippen MR) is 65.1 cm³/mol. The zero-order valence-electron chi connectivity index (χ0n) is 8.55.